The molecule has 1 aromatic heterocycles. The number of rotatable bonds is 6. The van der Waals surface area contributed by atoms with Crippen molar-refractivity contribution in [2.24, 2.45) is 0 Å². The summed E-state index contributed by atoms with van der Waals surface area (Å²) in [6.07, 6.45) is 0. The van der Waals surface area contributed by atoms with Crippen molar-refractivity contribution in [2.75, 3.05) is 18.2 Å². The summed E-state index contributed by atoms with van der Waals surface area (Å²) in [5, 5.41) is 10.2. The Morgan fingerprint density at radius 1 is 1.16 bits per heavy atom. The second-order valence-corrected chi connectivity index (χ2v) is 5.98. The lowest BCUT2D eigenvalue weighted by Gasteiger charge is -2.01. The van der Waals surface area contributed by atoms with Crippen LogP contribution in [-0.4, -0.2) is 29.0 Å². The van der Waals surface area contributed by atoms with Crippen molar-refractivity contribution in [1.29, 1.82) is 0 Å². The van der Waals surface area contributed by atoms with E-state index in [1.807, 2.05) is 0 Å². The lowest BCUT2D eigenvalue weighted by atomic mass is 10.2. The number of carbonyl (C=O) groups is 1. The van der Waals surface area contributed by atoms with Crippen LogP contribution in [0.25, 0.3) is 11.5 Å². The van der Waals surface area contributed by atoms with E-state index in [0.717, 1.165) is 16.2 Å². The van der Waals surface area contributed by atoms with E-state index in [2.05, 4.69) is 15.5 Å². The number of hydrogen-bond donors (Lipinski definition) is 1. The highest BCUT2D eigenvalue weighted by molar-refractivity contribution is 8.00. The van der Waals surface area contributed by atoms with Gasteiger partial charge in [-0.25, -0.2) is 4.39 Å². The first-order valence-electron chi connectivity index (χ1n) is 7.30. The van der Waals surface area contributed by atoms with Crippen LogP contribution >= 0.6 is 11.8 Å². The molecule has 2 aromatic carbocycles. The van der Waals surface area contributed by atoms with Crippen molar-refractivity contribution < 1.29 is 18.3 Å². The first-order chi connectivity index (χ1) is 12.1. The molecule has 0 aliphatic rings. The van der Waals surface area contributed by atoms with Crippen LogP contribution in [0.3, 0.4) is 0 Å². The van der Waals surface area contributed by atoms with E-state index in [1.165, 1.54) is 23.9 Å². The predicted molar refractivity (Wildman–Crippen MR) is 92.0 cm³/mol. The SMILES string of the molecule is COc1ccc(-c2nnc(NC(=O)CSc3ccc(F)cc3)o2)cc1. The van der Waals surface area contributed by atoms with Gasteiger partial charge in [-0.2, -0.15) is 0 Å². The predicted octanol–water partition coefficient (Wildman–Crippen LogP) is 3.62. The maximum Gasteiger partial charge on any atom is 0.322 e. The van der Waals surface area contributed by atoms with Crippen molar-refractivity contribution in [3.63, 3.8) is 0 Å². The second-order valence-electron chi connectivity index (χ2n) is 4.93. The minimum absolute atomic E-state index is 0.0236. The number of nitrogens with one attached hydrogen (secondary N) is 1. The number of benzene rings is 2. The van der Waals surface area contributed by atoms with E-state index < -0.39 is 0 Å². The van der Waals surface area contributed by atoms with E-state index in [4.69, 9.17) is 9.15 Å². The van der Waals surface area contributed by atoms with Crippen molar-refractivity contribution in [3.05, 3.63) is 54.3 Å². The Kier molecular flexibility index (Phi) is 5.30. The van der Waals surface area contributed by atoms with E-state index in [9.17, 15) is 9.18 Å². The third kappa shape index (κ3) is 4.57. The lowest BCUT2D eigenvalue weighted by Crippen LogP contribution is -2.14. The molecule has 3 aromatic rings. The summed E-state index contributed by atoms with van der Waals surface area (Å²) < 4.78 is 23.3. The molecular weight excluding hydrogens is 345 g/mol. The first-order valence-corrected chi connectivity index (χ1v) is 8.29. The fraction of sp³-hybridized carbons (Fsp3) is 0.118. The maximum absolute atomic E-state index is 12.8. The summed E-state index contributed by atoms with van der Waals surface area (Å²) in [4.78, 5) is 12.7. The average Bonchev–Trinajstić information content (AvgIpc) is 3.10. The van der Waals surface area contributed by atoms with E-state index in [0.29, 0.717) is 5.89 Å². The Balaban J connectivity index is 1.56. The molecule has 0 saturated heterocycles. The number of amides is 1. The molecule has 1 N–H and O–H groups in total. The standard InChI is InChI=1S/C17H14FN3O3S/c1-23-13-6-2-11(3-7-13)16-20-21-17(24-16)19-15(22)10-25-14-8-4-12(18)5-9-14/h2-9H,10H2,1H3,(H,19,21,22). The van der Waals surface area contributed by atoms with Crippen LogP contribution < -0.4 is 10.1 Å². The normalized spacial score (nSPS) is 10.5. The molecule has 0 aliphatic heterocycles. The molecule has 0 saturated carbocycles. The zero-order valence-corrected chi connectivity index (χ0v) is 14.0. The molecule has 128 valence electrons. The van der Waals surface area contributed by atoms with Gasteiger partial charge in [-0.05, 0) is 48.5 Å². The number of thioether (sulfide) groups is 1. The number of carbonyl (C=O) groups excluding carboxylic acids is 1. The van der Waals surface area contributed by atoms with Crippen molar-refractivity contribution in [3.8, 4) is 17.2 Å². The van der Waals surface area contributed by atoms with Crippen LogP contribution in [0.5, 0.6) is 5.75 Å². The summed E-state index contributed by atoms with van der Waals surface area (Å²) in [5.74, 6) is 0.551. The van der Waals surface area contributed by atoms with Crippen molar-refractivity contribution in [2.45, 2.75) is 4.90 Å². The van der Waals surface area contributed by atoms with Gasteiger partial charge in [0.05, 0.1) is 12.9 Å². The molecule has 0 spiro atoms. The molecule has 6 nitrogen and oxygen atoms in total. The van der Waals surface area contributed by atoms with Gasteiger partial charge in [-0.15, -0.1) is 16.9 Å². The van der Waals surface area contributed by atoms with Crippen LogP contribution in [0.2, 0.25) is 0 Å². The zero-order valence-electron chi connectivity index (χ0n) is 13.2. The number of ether oxygens (including phenoxy) is 1. The summed E-state index contributed by atoms with van der Waals surface area (Å²) in [6, 6.07) is 13.1. The summed E-state index contributed by atoms with van der Waals surface area (Å²) in [5.41, 5.74) is 0.717. The van der Waals surface area contributed by atoms with Gasteiger partial charge in [0, 0.05) is 10.5 Å². The van der Waals surface area contributed by atoms with Crippen LogP contribution in [0.15, 0.2) is 57.8 Å². The third-order valence-electron chi connectivity index (χ3n) is 3.19. The Bertz CT molecular complexity index is 850. The lowest BCUT2D eigenvalue weighted by molar-refractivity contribution is -0.113. The topological polar surface area (TPSA) is 77.3 Å². The molecule has 0 unspecified atom stereocenters. The molecular formula is C17H14FN3O3S. The number of halogens is 1. The molecule has 25 heavy (non-hydrogen) atoms. The maximum atomic E-state index is 12.8. The van der Waals surface area contributed by atoms with E-state index >= 15 is 0 Å². The number of methoxy groups -OCH3 is 1. The van der Waals surface area contributed by atoms with Crippen LogP contribution in [0.1, 0.15) is 0 Å². The molecule has 0 radical (unpaired) electrons. The molecule has 0 atom stereocenters. The monoisotopic (exact) mass is 359 g/mol. The van der Waals surface area contributed by atoms with Gasteiger partial charge in [0.25, 0.3) is 0 Å². The van der Waals surface area contributed by atoms with Gasteiger partial charge in [-0.1, -0.05) is 5.10 Å². The first kappa shape index (κ1) is 17.0. The van der Waals surface area contributed by atoms with Gasteiger partial charge in [0.2, 0.25) is 11.8 Å². The molecule has 3 rings (SSSR count). The zero-order chi connectivity index (χ0) is 17.6. The van der Waals surface area contributed by atoms with Crippen LogP contribution in [0.4, 0.5) is 10.4 Å². The largest absolute Gasteiger partial charge is 0.497 e. The number of hydrogen-bond acceptors (Lipinski definition) is 6. The van der Waals surface area contributed by atoms with E-state index in [-0.39, 0.29) is 23.5 Å². The number of aromatic nitrogens is 2. The summed E-state index contributed by atoms with van der Waals surface area (Å²) >= 11 is 1.28. The summed E-state index contributed by atoms with van der Waals surface area (Å²) in [7, 11) is 1.58. The summed E-state index contributed by atoms with van der Waals surface area (Å²) in [6.45, 7) is 0. The average molecular weight is 359 g/mol. The molecule has 1 heterocycles. The highest BCUT2D eigenvalue weighted by Gasteiger charge is 2.12. The van der Waals surface area contributed by atoms with Crippen LogP contribution in [0, 0.1) is 5.82 Å². The Labute approximate surface area is 147 Å². The molecule has 0 aliphatic carbocycles. The Morgan fingerprint density at radius 3 is 2.56 bits per heavy atom. The van der Waals surface area contributed by atoms with Gasteiger partial charge in [-0.3, -0.25) is 10.1 Å². The van der Waals surface area contributed by atoms with Crippen molar-refractivity contribution in [1.82, 2.24) is 10.2 Å². The molecule has 0 fully saturated rings. The van der Waals surface area contributed by atoms with Gasteiger partial charge < -0.3 is 9.15 Å². The van der Waals surface area contributed by atoms with Crippen molar-refractivity contribution >= 4 is 23.7 Å². The Hall–Kier alpha value is -2.87. The smallest absolute Gasteiger partial charge is 0.322 e. The van der Waals surface area contributed by atoms with Gasteiger partial charge >= 0.3 is 6.01 Å². The molecule has 1 amide bonds. The number of nitrogens with zero attached hydrogens (tertiary/aromatic N) is 2. The number of anilines is 1. The highest BCUT2D eigenvalue weighted by Crippen LogP contribution is 2.23. The quantitative estimate of drug-likeness (QED) is 0.678. The Morgan fingerprint density at radius 2 is 1.88 bits per heavy atom. The van der Waals surface area contributed by atoms with Gasteiger partial charge in [0.1, 0.15) is 11.6 Å². The third-order valence-corrected chi connectivity index (χ3v) is 4.20. The molecule has 8 heteroatoms. The highest BCUT2D eigenvalue weighted by atomic mass is 32.2. The van der Waals surface area contributed by atoms with Crippen LogP contribution in [-0.2, 0) is 4.79 Å². The minimum Gasteiger partial charge on any atom is -0.497 e. The van der Waals surface area contributed by atoms with E-state index in [1.54, 1.807) is 43.5 Å². The molecule has 0 bridgehead atoms. The minimum atomic E-state index is -0.314. The second kappa shape index (κ2) is 7.80. The van der Waals surface area contributed by atoms with Gasteiger partial charge in [0.15, 0.2) is 0 Å². The fourth-order valence-corrected chi connectivity index (χ4v) is 2.66. The fourth-order valence-electron chi connectivity index (χ4n) is 1.96.